The number of rotatable bonds is 8. The van der Waals surface area contributed by atoms with Gasteiger partial charge < -0.3 is 0 Å². The summed E-state index contributed by atoms with van der Waals surface area (Å²) in [5.74, 6) is -2.54. The molecule has 0 amide bonds. The fourth-order valence-electron chi connectivity index (χ4n) is 10.0. The Bertz CT molecular complexity index is 4590. The van der Waals surface area contributed by atoms with Gasteiger partial charge in [-0.05, 0) is 46.4 Å². The van der Waals surface area contributed by atoms with Gasteiger partial charge >= 0.3 is 0 Å². The molecule has 0 radical (unpaired) electrons. The number of hydrogen-bond donors (Lipinski definition) is 0. The Balaban J connectivity index is 1.33. The molecule has 0 N–H and O–H groups in total. The van der Waals surface area contributed by atoms with Crippen LogP contribution in [0.15, 0.2) is 175 Å². The first-order valence-corrected chi connectivity index (χ1v) is 23.0. The van der Waals surface area contributed by atoms with E-state index in [0.29, 0.717) is 64.2 Å². The van der Waals surface area contributed by atoms with Crippen molar-refractivity contribution in [2.75, 3.05) is 0 Å². The monoisotopic (exact) mass is 863 g/mol. The van der Waals surface area contributed by atoms with Crippen LogP contribution < -0.4 is 10.4 Å². The van der Waals surface area contributed by atoms with Crippen LogP contribution in [0.25, 0.3) is 78.0 Å². The highest BCUT2D eigenvalue weighted by Crippen LogP contribution is 2.48. The van der Waals surface area contributed by atoms with Crippen LogP contribution in [0, 0.1) is 0 Å². The molecule has 2 fully saturated rings. The van der Waals surface area contributed by atoms with E-state index in [0.717, 1.165) is 9.13 Å². The van der Waals surface area contributed by atoms with Gasteiger partial charge in [-0.1, -0.05) is 226 Å². The van der Waals surface area contributed by atoms with Gasteiger partial charge in [-0.15, -0.1) is 0 Å². The van der Waals surface area contributed by atoms with Crippen molar-refractivity contribution < 1.29 is 39.8 Å². The quantitative estimate of drug-likeness (QED) is 0.143. The van der Waals surface area contributed by atoms with Gasteiger partial charge in [-0.3, -0.25) is 9.13 Å². The van der Waals surface area contributed by atoms with Gasteiger partial charge in [0, 0.05) is 27.1 Å². The van der Waals surface area contributed by atoms with E-state index in [-0.39, 0.29) is 10.4 Å². The summed E-state index contributed by atoms with van der Waals surface area (Å²) < 4.78 is 271. The Morgan fingerprint density at radius 3 is 1.22 bits per heavy atom. The van der Waals surface area contributed by atoms with Crippen molar-refractivity contribution in [3.8, 4) is 34.4 Å². The maximum Gasteiger partial charge on any atom is 0.240 e. The smallest absolute Gasteiger partial charge is 0.240 e. The highest BCUT2D eigenvalue weighted by atomic mass is 28.3. The summed E-state index contributed by atoms with van der Waals surface area (Å²) in [5.41, 5.74) is -5.51. The van der Waals surface area contributed by atoms with E-state index in [1.54, 1.807) is 0 Å². The van der Waals surface area contributed by atoms with Gasteiger partial charge in [-0.2, -0.15) is 15.0 Å². The molecule has 3 heterocycles. The molecule has 2 saturated carbocycles. The van der Waals surface area contributed by atoms with Gasteiger partial charge in [0.2, 0.25) is 11.9 Å². The molecular formula is C57H51N5Si. The molecule has 5 nitrogen and oxygen atoms in total. The standard InChI is InChI=1S/C57H51N5Si/c1-4-20-40(21-5-1)41-22-18-28-45(38-41)63(43-24-6-2-7-25-43,44-26-8-3-9-27-44)46-29-19-23-42(39-46)55-58-56(61-51-34-14-10-30-47(51)48-31-11-15-35-52(48)61)60-57(59-55)62-53-36-16-12-32-49(53)50-33-13-17-37-54(50)62/h1,4-5,10-23,28-39,43-44H,2-3,6-9,24-27H2/i1D,4D,5D,10D,11D,12D,13D,14D,15D,16D,17D,18D,19D,20D,21D,22D,23D,28D,29D,30D,31D,32D,33D,34D,35D,36D,37D,38D,39D. The lowest BCUT2D eigenvalue weighted by Gasteiger charge is -2.49. The zero-order valence-electron chi connectivity index (χ0n) is 62.5. The second kappa shape index (κ2) is 15.9. The van der Waals surface area contributed by atoms with Crippen molar-refractivity contribution in [1.29, 1.82) is 0 Å². The SMILES string of the molecule is [2H]c1c([2H])c([2H])c(-c2c([2H])c([2H])c([2H])c([Si](c3c([2H])c([2H])c([2H])c(-c4nc(-n5c6c([2H])c([2H])c([2H])c([2H])c6c6c([2H])c([2H])c([2H])c([2H])c65)nc(-n5c6c([2H])c([2H])c([2H])c([2H])c6c6c([2H])c([2H])c([2H])c([2H])c65)n4)c3[2H])(C3CCCCC3)C3CCCCC3)c2[2H])c([2H])c1[2H]. The van der Waals surface area contributed by atoms with E-state index < -0.39 is 272 Å². The van der Waals surface area contributed by atoms with Gasteiger partial charge in [0.1, 0.15) is 8.07 Å². The predicted octanol–water partition coefficient (Wildman–Crippen LogP) is 13.6. The molecule has 0 bridgehead atoms. The molecule has 0 saturated heterocycles. The number of nitrogens with zero attached hydrogens (tertiary/aromatic N) is 5. The van der Waals surface area contributed by atoms with E-state index in [1.165, 1.54) is 0 Å². The zero-order chi connectivity index (χ0) is 67.0. The lowest BCUT2D eigenvalue weighted by molar-refractivity contribution is 0.459. The van der Waals surface area contributed by atoms with Crippen LogP contribution in [0.4, 0.5) is 0 Å². The van der Waals surface area contributed by atoms with Crippen molar-refractivity contribution in [3.05, 3.63) is 175 Å². The largest absolute Gasteiger partial charge is 0.278 e. The van der Waals surface area contributed by atoms with Crippen LogP contribution >= 0.6 is 0 Å². The number of hydrogen-bond acceptors (Lipinski definition) is 3. The summed E-state index contributed by atoms with van der Waals surface area (Å²) in [6, 6.07) is -23.6. The Morgan fingerprint density at radius 1 is 0.381 bits per heavy atom. The molecule has 0 spiro atoms. The van der Waals surface area contributed by atoms with Crippen LogP contribution in [0.3, 0.4) is 0 Å². The van der Waals surface area contributed by atoms with E-state index in [9.17, 15) is 21.9 Å². The Hall–Kier alpha value is -6.63. The second-order valence-corrected chi connectivity index (χ2v) is 20.2. The molecule has 0 unspecified atom stereocenters. The second-order valence-electron chi connectivity index (χ2n) is 15.9. The van der Waals surface area contributed by atoms with Crippen molar-refractivity contribution in [1.82, 2.24) is 24.1 Å². The lowest BCUT2D eigenvalue weighted by Crippen LogP contribution is -2.65. The molecule has 7 aromatic carbocycles. The third-order valence-corrected chi connectivity index (χ3v) is 18.5. The maximum absolute atomic E-state index is 10.8. The minimum atomic E-state index is -4.64. The summed E-state index contributed by atoms with van der Waals surface area (Å²) in [6.45, 7) is 0. The first-order chi connectivity index (χ1) is 43.3. The van der Waals surface area contributed by atoms with E-state index in [2.05, 4.69) is 0 Å². The van der Waals surface area contributed by atoms with Gasteiger partial charge in [0.05, 0.1) is 61.8 Å². The van der Waals surface area contributed by atoms with Crippen LogP contribution in [0.1, 0.15) is 104 Å². The molecule has 2 aliphatic carbocycles. The molecule has 0 aliphatic heterocycles. The van der Waals surface area contributed by atoms with E-state index in [4.69, 9.17) is 32.8 Å². The van der Waals surface area contributed by atoms with Gasteiger partial charge in [0.25, 0.3) is 0 Å². The van der Waals surface area contributed by atoms with Crippen LogP contribution in [0.5, 0.6) is 0 Å². The molecule has 12 rings (SSSR count). The molecule has 2 aliphatic rings. The van der Waals surface area contributed by atoms with E-state index >= 15 is 0 Å². The topological polar surface area (TPSA) is 48.5 Å². The summed E-state index contributed by atoms with van der Waals surface area (Å²) in [6.07, 6.45) is 4.92. The Labute approximate surface area is 410 Å². The average molecular weight is 863 g/mol. The van der Waals surface area contributed by atoms with Crippen LogP contribution in [-0.4, -0.2) is 32.2 Å². The lowest BCUT2D eigenvalue weighted by atomic mass is 9.99. The number of para-hydroxylation sites is 4. The van der Waals surface area contributed by atoms with Crippen molar-refractivity contribution in [3.63, 3.8) is 0 Å². The van der Waals surface area contributed by atoms with Crippen molar-refractivity contribution in [2.45, 2.75) is 75.3 Å². The third kappa shape index (κ3) is 6.37. The van der Waals surface area contributed by atoms with Crippen LogP contribution in [-0.2, 0) is 0 Å². The predicted molar refractivity (Wildman–Crippen MR) is 265 cm³/mol. The minimum absolute atomic E-state index is 0.219. The molecule has 308 valence electrons. The number of benzene rings is 7. The Morgan fingerprint density at radius 2 is 0.762 bits per heavy atom. The molecule has 10 aromatic rings. The minimum Gasteiger partial charge on any atom is -0.278 e. The summed E-state index contributed by atoms with van der Waals surface area (Å²) >= 11 is 0. The fraction of sp³-hybridized carbons (Fsp3) is 0.211. The first kappa shape index (κ1) is 18.6. The van der Waals surface area contributed by atoms with Crippen LogP contribution in [0.2, 0.25) is 11.1 Å². The fourth-order valence-corrected chi connectivity index (χ4v) is 16.4. The maximum atomic E-state index is 10.8. The van der Waals surface area contributed by atoms with Crippen molar-refractivity contribution in [2.24, 2.45) is 0 Å². The molecule has 63 heavy (non-hydrogen) atoms. The summed E-state index contributed by atoms with van der Waals surface area (Å²) in [4.78, 5) is 14.4. The van der Waals surface area contributed by atoms with Crippen molar-refractivity contribution >= 4 is 62.1 Å². The first-order valence-electron chi connectivity index (χ1n) is 35.4. The summed E-state index contributed by atoms with van der Waals surface area (Å²) in [7, 11) is -4.64. The third-order valence-electron chi connectivity index (χ3n) is 12.6. The number of aromatic nitrogens is 5. The molecule has 0 atom stereocenters. The molecule has 6 heteroatoms. The molecular weight excluding hydrogens is 783 g/mol. The Kier molecular flexibility index (Phi) is 4.70. The highest BCUT2D eigenvalue weighted by molar-refractivity contribution is 7.04. The van der Waals surface area contributed by atoms with Gasteiger partial charge in [-0.25, -0.2) is 0 Å². The normalized spacial score (nSPS) is 21.9. The van der Waals surface area contributed by atoms with E-state index in [1.807, 2.05) is 0 Å². The zero-order valence-corrected chi connectivity index (χ0v) is 34.5. The molecule has 3 aromatic heterocycles. The highest BCUT2D eigenvalue weighted by Gasteiger charge is 2.50. The average Bonchev–Trinajstić information content (AvgIpc) is 1.01. The number of fused-ring (bicyclic) bond motifs is 6. The van der Waals surface area contributed by atoms with Gasteiger partial charge in [0.15, 0.2) is 5.82 Å². The summed E-state index contributed by atoms with van der Waals surface area (Å²) in [5, 5.41) is -2.36.